The van der Waals surface area contributed by atoms with E-state index in [-0.39, 0.29) is 45.8 Å². The van der Waals surface area contributed by atoms with Crippen LogP contribution in [0.5, 0.6) is 5.75 Å². The summed E-state index contributed by atoms with van der Waals surface area (Å²) in [5, 5.41) is 11.6. The molecule has 1 aromatic heterocycles. The molecule has 2 aromatic rings. The summed E-state index contributed by atoms with van der Waals surface area (Å²) >= 11 is 0. The normalized spacial score (nSPS) is 21.0. The molecule has 4 N–H and O–H groups in total. The minimum atomic E-state index is -1.12. The highest BCUT2D eigenvalue weighted by molar-refractivity contribution is 5.91. The second kappa shape index (κ2) is 7.42. The number of rotatable bonds is 5. The number of nitrogens with zero attached hydrogens (tertiary/aromatic N) is 3. The van der Waals surface area contributed by atoms with Gasteiger partial charge in [-0.1, -0.05) is 13.8 Å². The molecule has 1 saturated carbocycles. The summed E-state index contributed by atoms with van der Waals surface area (Å²) < 4.78 is 23.0. The number of nitrogen functional groups attached to an aromatic ring is 1. The number of benzene rings is 1. The molecule has 2 aliphatic rings. The van der Waals surface area contributed by atoms with E-state index in [0.717, 1.165) is 18.9 Å². The molecule has 0 spiro atoms. The largest absolute Gasteiger partial charge is 0.492 e. The average Bonchev–Trinajstić information content (AvgIpc) is 3.48. The van der Waals surface area contributed by atoms with Crippen LogP contribution in [0.25, 0.3) is 10.9 Å². The molecule has 174 valence electrons. The zero-order chi connectivity index (χ0) is 23.5. The van der Waals surface area contributed by atoms with Gasteiger partial charge in [0, 0.05) is 31.1 Å². The predicted molar refractivity (Wildman–Crippen MR) is 118 cm³/mol. The van der Waals surface area contributed by atoms with Gasteiger partial charge >= 0.3 is 11.8 Å². The van der Waals surface area contributed by atoms with E-state index >= 15 is 4.39 Å². The number of nitrogens with one attached hydrogen (secondary N) is 1. The fourth-order valence-corrected chi connectivity index (χ4v) is 5.06. The van der Waals surface area contributed by atoms with E-state index in [2.05, 4.69) is 5.32 Å². The van der Waals surface area contributed by atoms with Crippen LogP contribution in [0.3, 0.4) is 0 Å². The summed E-state index contributed by atoms with van der Waals surface area (Å²) in [5.74, 6) is 5.02. The van der Waals surface area contributed by atoms with Crippen molar-refractivity contribution in [3.63, 3.8) is 0 Å². The van der Waals surface area contributed by atoms with E-state index in [1.807, 2.05) is 13.8 Å². The summed E-state index contributed by atoms with van der Waals surface area (Å²) in [7, 11) is 1.38. The van der Waals surface area contributed by atoms with Crippen LogP contribution < -0.4 is 32.0 Å². The van der Waals surface area contributed by atoms with Gasteiger partial charge in [0.05, 0.1) is 12.5 Å². The molecule has 1 amide bonds. The Bertz CT molecular complexity index is 1220. The number of carbonyl (C=O) groups is 1. The van der Waals surface area contributed by atoms with E-state index in [1.54, 1.807) is 11.8 Å². The second-order valence-corrected chi connectivity index (χ2v) is 9.41. The molecule has 1 aliphatic heterocycles. The highest BCUT2D eigenvalue weighted by atomic mass is 19.1. The topological polar surface area (TPSA) is 132 Å². The molecule has 32 heavy (non-hydrogen) atoms. The molecule has 10 nitrogen and oxygen atoms in total. The number of hydrogen-bond donors (Lipinski definition) is 3. The van der Waals surface area contributed by atoms with E-state index in [1.165, 1.54) is 11.7 Å². The number of nitrogens with two attached hydrogens (primary N) is 1. The van der Waals surface area contributed by atoms with Gasteiger partial charge in [-0.15, -0.1) is 0 Å². The van der Waals surface area contributed by atoms with Crippen molar-refractivity contribution in [3.05, 3.63) is 32.7 Å². The number of aromatic nitrogens is 2. The average molecular weight is 449 g/mol. The van der Waals surface area contributed by atoms with Crippen LogP contribution in [-0.4, -0.2) is 46.7 Å². The van der Waals surface area contributed by atoms with Gasteiger partial charge in [0.1, 0.15) is 11.2 Å². The smallest absolute Gasteiger partial charge is 0.404 e. The van der Waals surface area contributed by atoms with Crippen LogP contribution in [0.1, 0.15) is 39.7 Å². The Morgan fingerprint density at radius 2 is 2.03 bits per heavy atom. The van der Waals surface area contributed by atoms with Crippen LogP contribution in [0.4, 0.5) is 14.9 Å². The van der Waals surface area contributed by atoms with Gasteiger partial charge in [-0.2, -0.15) is 4.68 Å². The van der Waals surface area contributed by atoms with Crippen molar-refractivity contribution < 1.29 is 19.0 Å². The highest BCUT2D eigenvalue weighted by Gasteiger charge is 2.44. The van der Waals surface area contributed by atoms with Crippen molar-refractivity contribution >= 4 is 22.7 Å². The zero-order valence-electron chi connectivity index (χ0n) is 18.5. The first-order valence-electron chi connectivity index (χ1n) is 10.5. The van der Waals surface area contributed by atoms with E-state index in [0.29, 0.717) is 17.8 Å². The molecule has 4 rings (SSSR count). The fourth-order valence-electron chi connectivity index (χ4n) is 5.06. The Morgan fingerprint density at radius 3 is 2.59 bits per heavy atom. The molecule has 0 radical (unpaired) electrons. The molecule has 2 heterocycles. The molecule has 11 heteroatoms. The maximum Gasteiger partial charge on any atom is 0.404 e. The fraction of sp³-hybridized carbons (Fsp3) is 0.571. The van der Waals surface area contributed by atoms with Crippen LogP contribution in [-0.2, 0) is 0 Å². The molecular formula is C21H28FN5O5. The van der Waals surface area contributed by atoms with Crippen molar-refractivity contribution in [2.75, 3.05) is 30.9 Å². The monoisotopic (exact) mass is 449 g/mol. The van der Waals surface area contributed by atoms with Gasteiger partial charge in [-0.05, 0) is 31.2 Å². The van der Waals surface area contributed by atoms with Crippen molar-refractivity contribution in [1.29, 1.82) is 0 Å². The van der Waals surface area contributed by atoms with Crippen molar-refractivity contribution in [2.45, 2.75) is 45.7 Å². The van der Waals surface area contributed by atoms with Crippen LogP contribution in [0.15, 0.2) is 15.7 Å². The minimum absolute atomic E-state index is 0.0204. The quantitative estimate of drug-likeness (QED) is 0.589. The van der Waals surface area contributed by atoms with Crippen molar-refractivity contribution in [2.24, 2.45) is 11.3 Å². The molecule has 2 fully saturated rings. The molecular weight excluding hydrogens is 421 g/mol. The lowest BCUT2D eigenvalue weighted by Crippen LogP contribution is -2.44. The third kappa shape index (κ3) is 3.35. The lowest BCUT2D eigenvalue weighted by Gasteiger charge is -2.30. The number of fused-ring (bicyclic) bond motifs is 1. The Morgan fingerprint density at radius 1 is 1.38 bits per heavy atom. The Balaban J connectivity index is 1.91. The second-order valence-electron chi connectivity index (χ2n) is 9.41. The Hall–Kier alpha value is -3.24. The van der Waals surface area contributed by atoms with Crippen LogP contribution in [0.2, 0.25) is 0 Å². The molecule has 1 saturated heterocycles. The van der Waals surface area contributed by atoms with Gasteiger partial charge in [0.15, 0.2) is 11.6 Å². The van der Waals surface area contributed by atoms with Crippen molar-refractivity contribution in [3.8, 4) is 5.75 Å². The third-order valence-corrected chi connectivity index (χ3v) is 6.69. The SMILES string of the molecule is COc1c(N2CC(C(C)NC(=O)O)C(C)(C)C2)c(F)cc2c(=O)n(N)c(=O)n(C3CC3)c12. The van der Waals surface area contributed by atoms with Crippen LogP contribution in [0, 0.1) is 17.2 Å². The molecule has 1 aromatic carbocycles. The highest BCUT2D eigenvalue weighted by Crippen LogP contribution is 2.46. The number of methoxy groups -OCH3 is 1. The standard InChI is InChI=1S/C21H28FN5O5/c1-10(24-19(29)30)13-8-25(9-21(13,2)3)16-14(22)7-12-15(17(16)32-4)26(11-5-6-11)20(31)27(23)18(12)28/h7,10-11,13,24H,5-6,8-9,23H2,1-4H3,(H,29,30). The van der Waals surface area contributed by atoms with E-state index in [9.17, 15) is 14.4 Å². The number of halogens is 1. The van der Waals surface area contributed by atoms with Gasteiger partial charge in [-0.25, -0.2) is 14.0 Å². The zero-order valence-corrected chi connectivity index (χ0v) is 18.5. The molecule has 1 aliphatic carbocycles. The predicted octanol–water partition coefficient (Wildman–Crippen LogP) is 1.48. The third-order valence-electron chi connectivity index (χ3n) is 6.69. The minimum Gasteiger partial charge on any atom is -0.492 e. The van der Waals surface area contributed by atoms with Crippen LogP contribution >= 0.6 is 0 Å². The van der Waals surface area contributed by atoms with E-state index < -0.39 is 23.2 Å². The maximum absolute atomic E-state index is 15.5. The number of anilines is 1. The Kier molecular flexibility index (Phi) is 5.09. The lowest BCUT2D eigenvalue weighted by atomic mass is 9.78. The molecule has 2 atom stereocenters. The summed E-state index contributed by atoms with van der Waals surface area (Å²) in [4.78, 5) is 38.4. The number of amides is 1. The molecule has 0 bridgehead atoms. The molecule has 2 unspecified atom stereocenters. The number of hydrogen-bond acceptors (Lipinski definition) is 6. The van der Waals surface area contributed by atoms with Gasteiger partial charge in [-0.3, -0.25) is 9.36 Å². The first kappa shape index (κ1) is 22.0. The summed E-state index contributed by atoms with van der Waals surface area (Å²) in [6, 6.07) is 0.613. The summed E-state index contributed by atoms with van der Waals surface area (Å²) in [5.41, 5.74) is -1.41. The summed E-state index contributed by atoms with van der Waals surface area (Å²) in [6.45, 7) is 6.58. The first-order chi connectivity index (χ1) is 15.0. The lowest BCUT2D eigenvalue weighted by molar-refractivity contribution is 0.174. The summed E-state index contributed by atoms with van der Waals surface area (Å²) in [6.07, 6.45) is 0.383. The Labute approximate surface area is 183 Å². The van der Waals surface area contributed by atoms with E-state index in [4.69, 9.17) is 15.7 Å². The maximum atomic E-state index is 15.5. The van der Waals surface area contributed by atoms with Gasteiger partial charge in [0.25, 0.3) is 5.56 Å². The van der Waals surface area contributed by atoms with Gasteiger partial charge in [0.2, 0.25) is 0 Å². The number of ether oxygens (including phenoxy) is 1. The number of carboxylic acid groups (broad SMARTS) is 1. The first-order valence-corrected chi connectivity index (χ1v) is 10.5. The van der Waals surface area contributed by atoms with Crippen molar-refractivity contribution in [1.82, 2.24) is 14.6 Å². The van der Waals surface area contributed by atoms with Gasteiger partial charge < -0.3 is 25.9 Å².